The number of hydrogen-bond donors (Lipinski definition) is 1. The van der Waals surface area contributed by atoms with Gasteiger partial charge in [0.05, 0.1) is 0 Å². The van der Waals surface area contributed by atoms with Crippen molar-refractivity contribution >= 4 is 27.5 Å². The highest BCUT2D eigenvalue weighted by molar-refractivity contribution is 8.76. The summed E-state index contributed by atoms with van der Waals surface area (Å²) in [6.45, 7) is 6.47. The molecule has 0 aromatic heterocycles. The van der Waals surface area contributed by atoms with Crippen LogP contribution in [0.3, 0.4) is 0 Å². The number of nitrogens with one attached hydrogen (secondary N) is 1. The number of hydrogen-bond acceptors (Lipinski definition) is 3. The van der Waals surface area contributed by atoms with Crippen LogP contribution in [0.2, 0.25) is 0 Å². The second kappa shape index (κ2) is 11.6. The van der Waals surface area contributed by atoms with Crippen molar-refractivity contribution in [2.24, 2.45) is 0 Å². The van der Waals surface area contributed by atoms with Crippen LogP contribution in [0.4, 0.5) is 0 Å². The maximum Gasteiger partial charge on any atom is 0.221 e. The van der Waals surface area contributed by atoms with Crippen LogP contribution in [0.1, 0.15) is 52.9 Å². The van der Waals surface area contributed by atoms with Crippen molar-refractivity contribution in [3.05, 3.63) is 0 Å². The van der Waals surface area contributed by atoms with Crippen molar-refractivity contribution in [3.8, 4) is 0 Å². The Morgan fingerprint density at radius 3 is 2.25 bits per heavy atom. The minimum absolute atomic E-state index is 0.219. The van der Waals surface area contributed by atoms with Gasteiger partial charge in [0.15, 0.2) is 0 Å². The predicted molar refractivity (Wildman–Crippen MR) is 77.0 cm³/mol. The molecule has 0 aliphatic heterocycles. The van der Waals surface area contributed by atoms with Crippen molar-refractivity contribution in [2.45, 2.75) is 58.9 Å². The molecule has 0 aliphatic carbocycles. The summed E-state index contributed by atoms with van der Waals surface area (Å²) in [5, 5.41) is 3.13. The number of carbonyl (C=O) groups excluding carboxylic acids is 1. The molecule has 0 aromatic carbocycles. The SMILES string of the molecule is CCCC(CCC)NC(=O)CCSSCC. The molecule has 0 bridgehead atoms. The molecular weight excluding hydrogens is 238 g/mol. The van der Waals surface area contributed by atoms with E-state index in [0.717, 1.165) is 37.2 Å². The zero-order chi connectivity index (χ0) is 12.2. The zero-order valence-electron chi connectivity index (χ0n) is 10.8. The fraction of sp³-hybridized carbons (Fsp3) is 0.917. The summed E-state index contributed by atoms with van der Waals surface area (Å²) in [6.07, 6.45) is 5.16. The molecule has 2 nitrogen and oxygen atoms in total. The Morgan fingerprint density at radius 2 is 1.75 bits per heavy atom. The van der Waals surface area contributed by atoms with Gasteiger partial charge in [0.2, 0.25) is 5.91 Å². The van der Waals surface area contributed by atoms with Gasteiger partial charge < -0.3 is 5.32 Å². The Bertz CT molecular complexity index is 170. The van der Waals surface area contributed by atoms with Crippen molar-refractivity contribution in [1.29, 1.82) is 0 Å². The van der Waals surface area contributed by atoms with Crippen LogP contribution >= 0.6 is 21.6 Å². The molecule has 0 heterocycles. The molecule has 0 fully saturated rings. The highest BCUT2D eigenvalue weighted by Crippen LogP contribution is 2.20. The minimum Gasteiger partial charge on any atom is -0.353 e. The maximum atomic E-state index is 11.6. The summed E-state index contributed by atoms with van der Waals surface area (Å²) in [7, 11) is 3.62. The van der Waals surface area contributed by atoms with Gasteiger partial charge in [0.25, 0.3) is 0 Å². The summed E-state index contributed by atoms with van der Waals surface area (Å²) in [4.78, 5) is 11.6. The largest absolute Gasteiger partial charge is 0.353 e. The van der Waals surface area contributed by atoms with Crippen LogP contribution in [0, 0.1) is 0 Å². The van der Waals surface area contributed by atoms with Gasteiger partial charge in [-0.3, -0.25) is 4.79 Å². The Labute approximate surface area is 108 Å². The van der Waals surface area contributed by atoms with Crippen LogP contribution in [-0.2, 0) is 4.79 Å². The maximum absolute atomic E-state index is 11.6. The number of rotatable bonds is 10. The average Bonchev–Trinajstić information content (AvgIpc) is 2.25. The van der Waals surface area contributed by atoms with Gasteiger partial charge in [0, 0.05) is 24.0 Å². The quantitative estimate of drug-likeness (QED) is 0.479. The van der Waals surface area contributed by atoms with Crippen molar-refractivity contribution < 1.29 is 4.79 Å². The lowest BCUT2D eigenvalue weighted by Crippen LogP contribution is -2.34. The molecule has 0 saturated carbocycles. The lowest BCUT2D eigenvalue weighted by atomic mass is 10.1. The summed E-state index contributed by atoms with van der Waals surface area (Å²) in [5.74, 6) is 2.26. The van der Waals surface area contributed by atoms with E-state index < -0.39 is 0 Å². The van der Waals surface area contributed by atoms with Gasteiger partial charge in [-0.25, -0.2) is 0 Å². The Morgan fingerprint density at radius 1 is 1.12 bits per heavy atom. The molecule has 1 amide bonds. The summed E-state index contributed by atoms with van der Waals surface area (Å²) < 4.78 is 0. The third kappa shape index (κ3) is 9.40. The first-order valence-electron chi connectivity index (χ1n) is 6.28. The third-order valence-corrected chi connectivity index (χ3v) is 4.73. The first-order chi connectivity index (χ1) is 7.74. The van der Waals surface area contributed by atoms with Crippen LogP contribution in [0.25, 0.3) is 0 Å². The van der Waals surface area contributed by atoms with Gasteiger partial charge >= 0.3 is 0 Å². The molecule has 0 radical (unpaired) electrons. The Hall–Kier alpha value is 0.170. The molecule has 0 unspecified atom stereocenters. The van der Waals surface area contributed by atoms with Crippen LogP contribution in [-0.4, -0.2) is 23.5 Å². The zero-order valence-corrected chi connectivity index (χ0v) is 12.4. The first-order valence-corrected chi connectivity index (χ1v) is 8.77. The van der Waals surface area contributed by atoms with Crippen molar-refractivity contribution in [1.82, 2.24) is 5.32 Å². The van der Waals surface area contributed by atoms with Crippen LogP contribution in [0.5, 0.6) is 0 Å². The van der Waals surface area contributed by atoms with E-state index in [2.05, 4.69) is 26.1 Å². The standard InChI is InChI=1S/C12H25NOS2/c1-4-7-11(8-5-2)13-12(14)9-10-16-15-6-3/h11H,4-10H2,1-3H3,(H,13,14). The van der Waals surface area contributed by atoms with E-state index in [4.69, 9.17) is 0 Å². The van der Waals surface area contributed by atoms with E-state index in [1.807, 2.05) is 10.8 Å². The summed E-state index contributed by atoms with van der Waals surface area (Å²) in [6, 6.07) is 0.395. The predicted octanol–water partition coefficient (Wildman–Crippen LogP) is 3.86. The van der Waals surface area contributed by atoms with Gasteiger partial charge in [0.1, 0.15) is 0 Å². The molecule has 1 N–H and O–H groups in total. The second-order valence-electron chi connectivity index (χ2n) is 3.82. The first kappa shape index (κ1) is 16.2. The lowest BCUT2D eigenvalue weighted by molar-refractivity contribution is -0.121. The molecule has 0 spiro atoms. The second-order valence-corrected chi connectivity index (χ2v) is 6.69. The number of carbonyl (C=O) groups is 1. The van der Waals surface area contributed by atoms with Gasteiger partial charge in [-0.05, 0) is 12.8 Å². The molecule has 0 aromatic rings. The average molecular weight is 263 g/mol. The molecule has 0 rings (SSSR count). The highest BCUT2D eigenvalue weighted by atomic mass is 33.1. The van der Waals surface area contributed by atoms with E-state index >= 15 is 0 Å². The van der Waals surface area contributed by atoms with E-state index in [1.165, 1.54) is 0 Å². The molecule has 0 aliphatic rings. The van der Waals surface area contributed by atoms with E-state index in [1.54, 1.807) is 10.8 Å². The molecule has 0 saturated heterocycles. The fourth-order valence-corrected chi connectivity index (χ4v) is 3.22. The van der Waals surface area contributed by atoms with Crippen LogP contribution < -0.4 is 5.32 Å². The normalized spacial score (nSPS) is 10.8. The number of amides is 1. The Kier molecular flexibility index (Phi) is 11.8. The van der Waals surface area contributed by atoms with E-state index in [-0.39, 0.29) is 5.91 Å². The molecule has 0 atom stereocenters. The van der Waals surface area contributed by atoms with Gasteiger partial charge in [-0.15, -0.1) is 0 Å². The molecule has 96 valence electrons. The third-order valence-electron chi connectivity index (χ3n) is 2.25. The van der Waals surface area contributed by atoms with Gasteiger partial charge in [-0.2, -0.15) is 0 Å². The Balaban J connectivity index is 3.63. The lowest BCUT2D eigenvalue weighted by Gasteiger charge is -2.17. The monoisotopic (exact) mass is 263 g/mol. The van der Waals surface area contributed by atoms with E-state index in [0.29, 0.717) is 12.5 Å². The topological polar surface area (TPSA) is 29.1 Å². The van der Waals surface area contributed by atoms with Crippen molar-refractivity contribution in [3.63, 3.8) is 0 Å². The molecule has 16 heavy (non-hydrogen) atoms. The smallest absolute Gasteiger partial charge is 0.221 e. The van der Waals surface area contributed by atoms with Crippen LogP contribution in [0.15, 0.2) is 0 Å². The molecule has 4 heteroatoms. The van der Waals surface area contributed by atoms with Crippen molar-refractivity contribution in [2.75, 3.05) is 11.5 Å². The minimum atomic E-state index is 0.219. The van der Waals surface area contributed by atoms with Gasteiger partial charge in [-0.1, -0.05) is 55.2 Å². The fourth-order valence-electron chi connectivity index (χ4n) is 1.56. The highest BCUT2D eigenvalue weighted by Gasteiger charge is 2.09. The molecular formula is C12H25NOS2. The summed E-state index contributed by atoms with van der Waals surface area (Å²) in [5.41, 5.74) is 0. The van der Waals surface area contributed by atoms with E-state index in [9.17, 15) is 4.79 Å². The summed E-state index contributed by atoms with van der Waals surface area (Å²) >= 11 is 0.